The van der Waals surface area contributed by atoms with Crippen LogP contribution in [-0.2, 0) is 9.59 Å². The lowest BCUT2D eigenvalue weighted by Gasteiger charge is -2.29. The molecule has 1 atom stereocenters. The average Bonchev–Trinajstić information content (AvgIpc) is 2.84. The molecule has 0 saturated carbocycles. The highest BCUT2D eigenvalue weighted by atomic mass is 16.2. The van der Waals surface area contributed by atoms with E-state index in [1.54, 1.807) is 22.0 Å². The third-order valence-corrected chi connectivity index (χ3v) is 3.22. The summed E-state index contributed by atoms with van der Waals surface area (Å²) in [6.45, 7) is 11.0. The topological polar surface area (TPSA) is 40.6 Å². The van der Waals surface area contributed by atoms with Crippen molar-refractivity contribution in [3.63, 3.8) is 0 Å². The number of hydrogen-bond donors (Lipinski definition) is 0. The first-order chi connectivity index (χ1) is 8.65. The molecule has 0 radical (unpaired) electrons. The molecule has 100 valence electrons. The maximum atomic E-state index is 12.3. The van der Waals surface area contributed by atoms with Crippen molar-refractivity contribution in [3.05, 3.63) is 25.3 Å². The molecule has 0 N–H and O–H groups in total. The first kappa shape index (κ1) is 14.5. The largest absolute Gasteiger partial charge is 0.337 e. The number of rotatable bonds is 6. The van der Waals surface area contributed by atoms with Crippen molar-refractivity contribution in [1.29, 1.82) is 0 Å². The molecule has 0 aliphatic carbocycles. The van der Waals surface area contributed by atoms with Crippen LogP contribution in [0.4, 0.5) is 0 Å². The first-order valence-corrected chi connectivity index (χ1v) is 6.45. The van der Waals surface area contributed by atoms with Crippen LogP contribution in [0.25, 0.3) is 0 Å². The molecule has 2 amide bonds. The van der Waals surface area contributed by atoms with E-state index in [0.717, 1.165) is 12.8 Å². The van der Waals surface area contributed by atoms with Crippen LogP contribution in [0, 0.1) is 0 Å². The normalized spacial score (nSPS) is 18.5. The number of carbonyl (C=O) groups excluding carboxylic acids is 2. The Kier molecular flexibility index (Phi) is 5.62. The molecule has 0 aromatic rings. The van der Waals surface area contributed by atoms with E-state index in [0.29, 0.717) is 26.1 Å². The molecule has 0 aromatic heterocycles. The number of amides is 2. The molecular weight excluding hydrogens is 228 g/mol. The SMILES string of the molecule is C=CCC(=O)N1CCC[C@H]1C(=O)N(CC)CC=C. The molecular formula is C14H22N2O2. The van der Waals surface area contributed by atoms with Gasteiger partial charge in [0.1, 0.15) is 6.04 Å². The van der Waals surface area contributed by atoms with Crippen LogP contribution >= 0.6 is 0 Å². The van der Waals surface area contributed by atoms with E-state index in [9.17, 15) is 9.59 Å². The fraction of sp³-hybridized carbons (Fsp3) is 0.571. The Bertz CT molecular complexity index is 339. The highest BCUT2D eigenvalue weighted by molar-refractivity contribution is 5.88. The van der Waals surface area contributed by atoms with Crippen LogP contribution in [0.3, 0.4) is 0 Å². The standard InChI is InChI=1S/C14H22N2O2/c1-4-8-13(17)16-11-7-9-12(16)14(18)15(6-3)10-5-2/h4-5,12H,1-2,6-11H2,3H3/t12-/m0/s1. The first-order valence-electron chi connectivity index (χ1n) is 6.45. The van der Waals surface area contributed by atoms with E-state index in [1.165, 1.54) is 0 Å². The third kappa shape index (κ3) is 3.22. The third-order valence-electron chi connectivity index (χ3n) is 3.22. The van der Waals surface area contributed by atoms with Gasteiger partial charge in [0.15, 0.2) is 0 Å². The Hall–Kier alpha value is -1.58. The number of likely N-dealkylation sites (tertiary alicyclic amines) is 1. The molecule has 1 rings (SSSR count). The summed E-state index contributed by atoms with van der Waals surface area (Å²) in [7, 11) is 0. The zero-order chi connectivity index (χ0) is 13.5. The average molecular weight is 250 g/mol. The van der Waals surface area contributed by atoms with Crippen molar-refractivity contribution < 1.29 is 9.59 Å². The summed E-state index contributed by atoms with van der Waals surface area (Å²) >= 11 is 0. The summed E-state index contributed by atoms with van der Waals surface area (Å²) in [4.78, 5) is 27.7. The van der Waals surface area contributed by atoms with Gasteiger partial charge < -0.3 is 9.80 Å². The number of carbonyl (C=O) groups is 2. The van der Waals surface area contributed by atoms with Gasteiger partial charge in [0.2, 0.25) is 11.8 Å². The van der Waals surface area contributed by atoms with Crippen molar-refractivity contribution in [3.8, 4) is 0 Å². The van der Waals surface area contributed by atoms with Gasteiger partial charge in [-0.2, -0.15) is 0 Å². The van der Waals surface area contributed by atoms with Gasteiger partial charge in [-0.05, 0) is 19.8 Å². The summed E-state index contributed by atoms with van der Waals surface area (Å²) in [6.07, 6.45) is 5.26. The van der Waals surface area contributed by atoms with E-state index < -0.39 is 0 Å². The number of hydrogen-bond acceptors (Lipinski definition) is 2. The maximum Gasteiger partial charge on any atom is 0.245 e. The van der Waals surface area contributed by atoms with E-state index in [-0.39, 0.29) is 17.9 Å². The molecule has 0 spiro atoms. The van der Waals surface area contributed by atoms with Gasteiger partial charge >= 0.3 is 0 Å². The fourth-order valence-corrected chi connectivity index (χ4v) is 2.30. The number of likely N-dealkylation sites (N-methyl/N-ethyl adjacent to an activating group) is 1. The van der Waals surface area contributed by atoms with Gasteiger partial charge in [-0.25, -0.2) is 0 Å². The van der Waals surface area contributed by atoms with Crippen LogP contribution < -0.4 is 0 Å². The molecule has 1 heterocycles. The van der Waals surface area contributed by atoms with Gasteiger partial charge in [0, 0.05) is 26.1 Å². The molecule has 1 fully saturated rings. The predicted octanol–water partition coefficient (Wildman–Crippen LogP) is 1.59. The van der Waals surface area contributed by atoms with E-state index >= 15 is 0 Å². The summed E-state index contributed by atoms with van der Waals surface area (Å²) in [5.74, 6) is 0.0304. The smallest absolute Gasteiger partial charge is 0.245 e. The second-order valence-corrected chi connectivity index (χ2v) is 4.40. The van der Waals surface area contributed by atoms with Crippen LogP contribution in [0.15, 0.2) is 25.3 Å². The highest BCUT2D eigenvalue weighted by Crippen LogP contribution is 2.20. The number of nitrogens with zero attached hydrogens (tertiary/aromatic N) is 2. The van der Waals surface area contributed by atoms with Crippen molar-refractivity contribution in [2.75, 3.05) is 19.6 Å². The summed E-state index contributed by atoms with van der Waals surface area (Å²) < 4.78 is 0. The van der Waals surface area contributed by atoms with Crippen molar-refractivity contribution >= 4 is 11.8 Å². The lowest BCUT2D eigenvalue weighted by atomic mass is 10.2. The van der Waals surface area contributed by atoms with Gasteiger partial charge in [-0.15, -0.1) is 13.2 Å². The highest BCUT2D eigenvalue weighted by Gasteiger charge is 2.35. The predicted molar refractivity (Wildman–Crippen MR) is 72.0 cm³/mol. The van der Waals surface area contributed by atoms with Crippen LogP contribution in [0.1, 0.15) is 26.2 Å². The lowest BCUT2D eigenvalue weighted by Crippen LogP contribution is -2.47. The maximum absolute atomic E-state index is 12.3. The van der Waals surface area contributed by atoms with Crippen LogP contribution in [0.2, 0.25) is 0 Å². The van der Waals surface area contributed by atoms with Crippen molar-refractivity contribution in [1.82, 2.24) is 9.80 Å². The monoisotopic (exact) mass is 250 g/mol. The Balaban J connectivity index is 2.73. The molecule has 0 unspecified atom stereocenters. The van der Waals surface area contributed by atoms with Crippen molar-refractivity contribution in [2.24, 2.45) is 0 Å². The minimum absolute atomic E-state index is 0.00416. The van der Waals surface area contributed by atoms with E-state index in [1.807, 2.05) is 6.92 Å². The van der Waals surface area contributed by atoms with Crippen LogP contribution in [-0.4, -0.2) is 47.3 Å². The minimum atomic E-state index is -0.294. The Morgan fingerprint density at radius 3 is 2.67 bits per heavy atom. The Labute approximate surface area is 109 Å². The second kappa shape index (κ2) is 6.99. The molecule has 1 aliphatic heterocycles. The molecule has 18 heavy (non-hydrogen) atoms. The molecule has 1 aliphatic rings. The van der Waals surface area contributed by atoms with Gasteiger partial charge in [-0.3, -0.25) is 9.59 Å². The van der Waals surface area contributed by atoms with Gasteiger partial charge in [0.25, 0.3) is 0 Å². The molecule has 4 heteroatoms. The summed E-state index contributed by atoms with van der Waals surface area (Å²) in [6, 6.07) is -0.294. The van der Waals surface area contributed by atoms with E-state index in [4.69, 9.17) is 0 Å². The zero-order valence-corrected chi connectivity index (χ0v) is 11.1. The summed E-state index contributed by atoms with van der Waals surface area (Å²) in [5, 5.41) is 0. The fourth-order valence-electron chi connectivity index (χ4n) is 2.30. The minimum Gasteiger partial charge on any atom is -0.337 e. The molecule has 4 nitrogen and oxygen atoms in total. The Morgan fingerprint density at radius 2 is 2.11 bits per heavy atom. The quantitative estimate of drug-likeness (QED) is 0.672. The lowest BCUT2D eigenvalue weighted by molar-refractivity contribution is -0.143. The summed E-state index contributed by atoms with van der Waals surface area (Å²) in [5.41, 5.74) is 0. The van der Waals surface area contributed by atoms with Crippen LogP contribution in [0.5, 0.6) is 0 Å². The molecule has 1 saturated heterocycles. The molecule has 0 aromatic carbocycles. The van der Waals surface area contributed by atoms with Gasteiger partial charge in [-0.1, -0.05) is 12.2 Å². The molecule has 0 bridgehead atoms. The zero-order valence-electron chi connectivity index (χ0n) is 11.1. The van der Waals surface area contributed by atoms with Crippen molar-refractivity contribution in [2.45, 2.75) is 32.2 Å². The Morgan fingerprint density at radius 1 is 1.39 bits per heavy atom. The van der Waals surface area contributed by atoms with Gasteiger partial charge in [0.05, 0.1) is 0 Å². The van der Waals surface area contributed by atoms with E-state index in [2.05, 4.69) is 13.2 Å². The second-order valence-electron chi connectivity index (χ2n) is 4.40.